The van der Waals surface area contributed by atoms with Gasteiger partial charge in [0, 0.05) is 10.2 Å². The fourth-order valence-corrected chi connectivity index (χ4v) is 3.93. The maximum Gasteiger partial charge on any atom is 0.159 e. The molecule has 1 saturated carbocycles. The van der Waals surface area contributed by atoms with Crippen LogP contribution in [0.5, 0.6) is 5.75 Å². The van der Waals surface area contributed by atoms with E-state index in [-0.39, 0.29) is 21.8 Å². The Morgan fingerprint density at radius 2 is 1.83 bits per heavy atom. The predicted molar refractivity (Wildman–Crippen MR) is 74.6 cm³/mol. The number of carbonyl (C=O) groups is 1. The van der Waals surface area contributed by atoms with Crippen molar-refractivity contribution >= 4 is 27.3 Å². The van der Waals surface area contributed by atoms with E-state index in [2.05, 4.69) is 22.9 Å². The normalized spacial score (nSPS) is 34.6. The standard InChI is InChI=1S/C15H15BrO2/c1-15(16)7-12-11(6-14(18)13(12)8-15)9-2-4-10(17)5-3-9/h2-6,12-13,17H,7-8H2,1H3/t12-,13-,15+/m1/s1. The molecule has 0 amide bonds. The Kier molecular flexibility index (Phi) is 2.63. The molecule has 0 aromatic heterocycles. The van der Waals surface area contributed by atoms with Crippen LogP contribution in [0.3, 0.4) is 0 Å². The zero-order valence-electron chi connectivity index (χ0n) is 10.2. The second-order valence-electron chi connectivity index (χ2n) is 5.58. The number of phenols is 1. The summed E-state index contributed by atoms with van der Waals surface area (Å²) in [6.07, 6.45) is 3.70. The summed E-state index contributed by atoms with van der Waals surface area (Å²) in [5, 5.41) is 9.33. The van der Waals surface area contributed by atoms with Gasteiger partial charge in [0.05, 0.1) is 0 Å². The van der Waals surface area contributed by atoms with E-state index in [1.165, 1.54) is 0 Å². The van der Waals surface area contributed by atoms with Crippen molar-refractivity contribution in [2.24, 2.45) is 11.8 Å². The number of fused-ring (bicyclic) bond motifs is 1. The Bertz CT molecular complexity index is 528. The smallest absolute Gasteiger partial charge is 0.159 e. The van der Waals surface area contributed by atoms with Crippen LogP contribution in [-0.2, 0) is 4.79 Å². The van der Waals surface area contributed by atoms with Crippen molar-refractivity contribution in [1.82, 2.24) is 0 Å². The van der Waals surface area contributed by atoms with Gasteiger partial charge in [0.1, 0.15) is 5.75 Å². The largest absolute Gasteiger partial charge is 0.508 e. The third kappa shape index (κ3) is 1.91. The summed E-state index contributed by atoms with van der Waals surface area (Å²) in [5.41, 5.74) is 2.19. The molecule has 2 aliphatic carbocycles. The van der Waals surface area contributed by atoms with Crippen molar-refractivity contribution in [2.45, 2.75) is 24.1 Å². The van der Waals surface area contributed by atoms with Crippen LogP contribution in [-0.4, -0.2) is 15.2 Å². The minimum absolute atomic E-state index is 0.0778. The van der Waals surface area contributed by atoms with E-state index in [0.29, 0.717) is 5.92 Å². The fraction of sp³-hybridized carbons (Fsp3) is 0.400. The summed E-state index contributed by atoms with van der Waals surface area (Å²) in [4.78, 5) is 12.0. The van der Waals surface area contributed by atoms with E-state index in [0.717, 1.165) is 24.0 Å². The second-order valence-corrected chi connectivity index (χ2v) is 7.50. The zero-order valence-corrected chi connectivity index (χ0v) is 11.8. The molecule has 0 bridgehead atoms. The fourth-order valence-electron chi connectivity index (χ4n) is 3.23. The van der Waals surface area contributed by atoms with Crippen LogP contribution in [0.4, 0.5) is 0 Å². The number of ketones is 1. The molecule has 18 heavy (non-hydrogen) atoms. The minimum atomic E-state index is 0.0778. The van der Waals surface area contributed by atoms with Crippen LogP contribution in [0, 0.1) is 11.8 Å². The van der Waals surface area contributed by atoms with Gasteiger partial charge in [-0.05, 0) is 55.0 Å². The summed E-state index contributed by atoms with van der Waals surface area (Å²) in [6, 6.07) is 7.13. The number of carbonyl (C=O) groups excluding carboxylic acids is 1. The lowest BCUT2D eigenvalue weighted by Gasteiger charge is -2.16. The molecule has 1 aromatic rings. The van der Waals surface area contributed by atoms with Gasteiger partial charge in [0.15, 0.2) is 5.78 Å². The molecule has 0 saturated heterocycles. The topological polar surface area (TPSA) is 37.3 Å². The predicted octanol–water partition coefficient (Wildman–Crippen LogP) is 3.54. The first kappa shape index (κ1) is 12.0. The summed E-state index contributed by atoms with van der Waals surface area (Å²) < 4.78 is 0.0778. The van der Waals surface area contributed by atoms with Crippen LogP contribution >= 0.6 is 15.9 Å². The molecule has 2 aliphatic rings. The van der Waals surface area contributed by atoms with Crippen LogP contribution in [0.15, 0.2) is 30.3 Å². The number of halogens is 1. The van der Waals surface area contributed by atoms with Crippen molar-refractivity contribution in [1.29, 1.82) is 0 Å². The number of phenolic OH excluding ortho intramolecular Hbond substituents is 1. The van der Waals surface area contributed by atoms with Crippen molar-refractivity contribution in [3.63, 3.8) is 0 Å². The van der Waals surface area contributed by atoms with Crippen molar-refractivity contribution in [3.05, 3.63) is 35.9 Å². The van der Waals surface area contributed by atoms with Crippen LogP contribution < -0.4 is 0 Å². The monoisotopic (exact) mass is 306 g/mol. The molecule has 0 unspecified atom stereocenters. The third-order valence-corrected chi connectivity index (χ3v) is 4.69. The van der Waals surface area contributed by atoms with Gasteiger partial charge in [0.2, 0.25) is 0 Å². The SMILES string of the molecule is C[C@]1(Br)C[C@@H]2C(c3ccc(O)cc3)=CC(=O)[C@@H]2C1. The number of allylic oxidation sites excluding steroid dienone is 2. The first-order valence-corrected chi connectivity index (χ1v) is 6.99. The van der Waals surface area contributed by atoms with Gasteiger partial charge in [-0.1, -0.05) is 28.1 Å². The third-order valence-electron chi connectivity index (χ3n) is 4.04. The molecule has 0 spiro atoms. The highest BCUT2D eigenvalue weighted by atomic mass is 79.9. The van der Waals surface area contributed by atoms with Crippen LogP contribution in [0.1, 0.15) is 25.3 Å². The lowest BCUT2D eigenvalue weighted by Crippen LogP contribution is -2.12. The summed E-state index contributed by atoms with van der Waals surface area (Å²) >= 11 is 3.72. The molecule has 1 fully saturated rings. The average molecular weight is 307 g/mol. The molecule has 0 aliphatic heterocycles. The number of aromatic hydroxyl groups is 1. The molecule has 2 nitrogen and oxygen atoms in total. The number of benzene rings is 1. The summed E-state index contributed by atoms with van der Waals surface area (Å²) in [5.74, 6) is 0.979. The Morgan fingerprint density at radius 1 is 1.22 bits per heavy atom. The highest BCUT2D eigenvalue weighted by Crippen LogP contribution is 2.53. The summed E-state index contributed by atoms with van der Waals surface area (Å²) in [7, 11) is 0. The molecule has 1 N–H and O–H groups in total. The van der Waals surface area contributed by atoms with Crippen molar-refractivity contribution in [3.8, 4) is 5.75 Å². The zero-order chi connectivity index (χ0) is 12.9. The van der Waals surface area contributed by atoms with E-state index >= 15 is 0 Å². The van der Waals surface area contributed by atoms with Gasteiger partial charge in [0.25, 0.3) is 0 Å². The van der Waals surface area contributed by atoms with Crippen molar-refractivity contribution < 1.29 is 9.90 Å². The van der Waals surface area contributed by atoms with Gasteiger partial charge >= 0.3 is 0 Å². The van der Waals surface area contributed by atoms with Gasteiger partial charge in [-0.2, -0.15) is 0 Å². The molecular weight excluding hydrogens is 292 g/mol. The van der Waals surface area contributed by atoms with E-state index in [9.17, 15) is 9.90 Å². The van der Waals surface area contributed by atoms with Crippen molar-refractivity contribution in [2.75, 3.05) is 0 Å². The van der Waals surface area contributed by atoms with Gasteiger partial charge in [-0.3, -0.25) is 4.79 Å². The highest BCUT2D eigenvalue weighted by Gasteiger charge is 2.48. The Balaban J connectivity index is 1.96. The first-order valence-electron chi connectivity index (χ1n) is 6.20. The van der Waals surface area contributed by atoms with E-state index in [4.69, 9.17) is 0 Å². The average Bonchev–Trinajstić information content (AvgIpc) is 2.76. The minimum Gasteiger partial charge on any atom is -0.508 e. The number of rotatable bonds is 1. The molecule has 3 rings (SSSR count). The maximum atomic E-state index is 12.0. The molecule has 1 aromatic carbocycles. The lowest BCUT2D eigenvalue weighted by atomic mass is 9.90. The number of alkyl halides is 1. The first-order chi connectivity index (χ1) is 8.46. The van der Waals surface area contributed by atoms with E-state index < -0.39 is 0 Å². The Hall–Kier alpha value is -1.09. The van der Waals surface area contributed by atoms with E-state index in [1.807, 2.05) is 12.1 Å². The Morgan fingerprint density at radius 3 is 2.50 bits per heavy atom. The molecule has 94 valence electrons. The number of hydrogen-bond acceptors (Lipinski definition) is 2. The molecule has 0 heterocycles. The van der Waals surface area contributed by atoms with Crippen LogP contribution in [0.25, 0.3) is 5.57 Å². The highest BCUT2D eigenvalue weighted by molar-refractivity contribution is 9.10. The molecule has 3 atom stereocenters. The maximum absolute atomic E-state index is 12.0. The Labute approximate surface area is 115 Å². The van der Waals surface area contributed by atoms with Gasteiger partial charge < -0.3 is 5.11 Å². The van der Waals surface area contributed by atoms with Gasteiger partial charge in [-0.25, -0.2) is 0 Å². The number of hydrogen-bond donors (Lipinski definition) is 1. The molecular formula is C15H15BrO2. The van der Waals surface area contributed by atoms with Crippen LogP contribution in [0.2, 0.25) is 0 Å². The molecule has 0 radical (unpaired) electrons. The van der Waals surface area contributed by atoms with Gasteiger partial charge in [-0.15, -0.1) is 0 Å². The molecule has 3 heteroatoms. The second kappa shape index (κ2) is 3.95. The quantitative estimate of drug-likeness (QED) is 0.806. The lowest BCUT2D eigenvalue weighted by molar-refractivity contribution is -0.117. The van der Waals surface area contributed by atoms with E-state index in [1.54, 1.807) is 18.2 Å². The summed E-state index contributed by atoms with van der Waals surface area (Å²) in [6.45, 7) is 2.16.